The summed E-state index contributed by atoms with van der Waals surface area (Å²) in [5, 5.41) is 11.3. The lowest BCUT2D eigenvalue weighted by Gasteiger charge is -2.07. The predicted molar refractivity (Wildman–Crippen MR) is 127 cm³/mol. The van der Waals surface area contributed by atoms with E-state index in [1.54, 1.807) is 6.07 Å². The zero-order valence-corrected chi connectivity index (χ0v) is 18.0. The van der Waals surface area contributed by atoms with E-state index in [-0.39, 0.29) is 5.91 Å². The molecule has 0 saturated heterocycles. The lowest BCUT2D eigenvalue weighted by atomic mass is 10.0. The zero-order valence-electron chi connectivity index (χ0n) is 18.0. The molecule has 6 nitrogen and oxygen atoms in total. The Morgan fingerprint density at radius 2 is 1.66 bits per heavy atom. The molecule has 0 unspecified atom stereocenters. The van der Waals surface area contributed by atoms with E-state index < -0.39 is 0 Å². The summed E-state index contributed by atoms with van der Waals surface area (Å²) in [5.41, 5.74) is 8.30. The first kappa shape index (κ1) is 21.1. The Hall–Kier alpha value is -4.19. The molecule has 1 aromatic heterocycles. The Kier molecular flexibility index (Phi) is 6.41. The van der Waals surface area contributed by atoms with Crippen molar-refractivity contribution in [1.29, 1.82) is 0 Å². The first-order valence-corrected chi connectivity index (χ1v) is 10.4. The second-order valence-corrected chi connectivity index (χ2v) is 7.18. The van der Waals surface area contributed by atoms with Crippen LogP contribution in [0.15, 0.2) is 90.0 Å². The van der Waals surface area contributed by atoms with Gasteiger partial charge in [-0.1, -0.05) is 66.7 Å². The molecule has 160 valence electrons. The average Bonchev–Trinajstić information content (AvgIpc) is 3.34. The molecule has 0 saturated carbocycles. The number of aromatic nitrogens is 2. The van der Waals surface area contributed by atoms with Crippen molar-refractivity contribution >= 4 is 11.6 Å². The van der Waals surface area contributed by atoms with Gasteiger partial charge in [0.05, 0.1) is 18.0 Å². The van der Waals surface area contributed by atoms with Crippen molar-refractivity contribution < 1.29 is 9.53 Å². The molecular weight excluding hydrogens is 400 g/mol. The van der Waals surface area contributed by atoms with Crippen LogP contribution < -0.4 is 10.2 Å². The molecule has 0 atom stereocenters. The number of H-pyrrole nitrogens is 1. The number of amides is 1. The van der Waals surface area contributed by atoms with Crippen LogP contribution >= 0.6 is 0 Å². The monoisotopic (exact) mass is 424 g/mol. The third-order valence-corrected chi connectivity index (χ3v) is 5.02. The first-order chi connectivity index (χ1) is 15.7. The highest BCUT2D eigenvalue weighted by Crippen LogP contribution is 2.28. The molecule has 0 fully saturated rings. The summed E-state index contributed by atoms with van der Waals surface area (Å²) in [7, 11) is 0. The van der Waals surface area contributed by atoms with E-state index in [0.29, 0.717) is 23.7 Å². The van der Waals surface area contributed by atoms with E-state index in [2.05, 4.69) is 32.9 Å². The molecule has 3 aromatic carbocycles. The van der Waals surface area contributed by atoms with Gasteiger partial charge in [-0.3, -0.25) is 9.89 Å². The number of hydrazone groups is 1. The molecule has 0 aliphatic carbocycles. The normalized spacial score (nSPS) is 11.2. The van der Waals surface area contributed by atoms with Gasteiger partial charge in [0.2, 0.25) is 0 Å². The summed E-state index contributed by atoms with van der Waals surface area (Å²) in [5.74, 6) is 0.360. The topological polar surface area (TPSA) is 79.4 Å². The van der Waals surface area contributed by atoms with Crippen LogP contribution in [-0.2, 0) is 0 Å². The molecule has 0 aliphatic heterocycles. The van der Waals surface area contributed by atoms with Crippen LogP contribution in [-0.4, -0.2) is 28.4 Å². The number of carbonyl (C=O) groups is 1. The third-order valence-electron chi connectivity index (χ3n) is 5.02. The molecule has 4 rings (SSSR count). The molecule has 1 amide bonds. The van der Waals surface area contributed by atoms with Gasteiger partial charge in [0, 0.05) is 5.56 Å². The van der Waals surface area contributed by atoms with Gasteiger partial charge in [-0.15, -0.1) is 0 Å². The smallest absolute Gasteiger partial charge is 0.289 e. The van der Waals surface area contributed by atoms with Gasteiger partial charge in [-0.25, -0.2) is 5.43 Å². The maximum atomic E-state index is 12.6. The van der Waals surface area contributed by atoms with Gasteiger partial charge in [0.1, 0.15) is 11.4 Å². The summed E-state index contributed by atoms with van der Waals surface area (Å²) in [6.45, 7) is 4.33. The van der Waals surface area contributed by atoms with Crippen molar-refractivity contribution in [2.75, 3.05) is 6.61 Å². The molecule has 1 heterocycles. The summed E-state index contributed by atoms with van der Waals surface area (Å²) < 4.78 is 5.65. The summed E-state index contributed by atoms with van der Waals surface area (Å²) in [4.78, 5) is 12.6. The standard InChI is InChI=1S/C26H24N4O2/c1-3-32-25-12-8-7-11-22(25)23-17-24(29-28-23)26(31)30-27-18(2)19-13-15-21(16-14-19)20-9-5-4-6-10-20/h4-17H,3H2,1-2H3,(H,28,29)(H,30,31)/b27-18+. The average molecular weight is 425 g/mol. The first-order valence-electron chi connectivity index (χ1n) is 10.4. The van der Waals surface area contributed by atoms with Crippen LogP contribution in [0.2, 0.25) is 0 Å². The van der Waals surface area contributed by atoms with Gasteiger partial charge in [0.15, 0.2) is 0 Å². The van der Waals surface area contributed by atoms with E-state index in [0.717, 1.165) is 28.0 Å². The lowest BCUT2D eigenvalue weighted by molar-refractivity contribution is 0.0950. The minimum atomic E-state index is -0.363. The number of para-hydroxylation sites is 1. The van der Waals surface area contributed by atoms with Crippen molar-refractivity contribution in [3.05, 3.63) is 96.2 Å². The van der Waals surface area contributed by atoms with Crippen molar-refractivity contribution in [3.63, 3.8) is 0 Å². The summed E-state index contributed by atoms with van der Waals surface area (Å²) in [6.07, 6.45) is 0. The van der Waals surface area contributed by atoms with Crippen LogP contribution in [0, 0.1) is 0 Å². The molecule has 0 spiro atoms. The van der Waals surface area contributed by atoms with Crippen molar-refractivity contribution in [2.24, 2.45) is 5.10 Å². The van der Waals surface area contributed by atoms with Gasteiger partial charge in [-0.05, 0) is 48.7 Å². The quantitative estimate of drug-likeness (QED) is 0.312. The Bertz CT molecular complexity index is 1230. The number of carbonyl (C=O) groups excluding carboxylic acids is 1. The molecular formula is C26H24N4O2. The highest BCUT2D eigenvalue weighted by molar-refractivity contribution is 6.01. The van der Waals surface area contributed by atoms with Crippen LogP contribution in [0.5, 0.6) is 5.75 Å². The fourth-order valence-corrected chi connectivity index (χ4v) is 3.33. The fourth-order valence-electron chi connectivity index (χ4n) is 3.33. The summed E-state index contributed by atoms with van der Waals surface area (Å²) in [6, 6.07) is 27.5. The van der Waals surface area contributed by atoms with Crippen LogP contribution in [0.1, 0.15) is 29.9 Å². The number of nitrogens with one attached hydrogen (secondary N) is 2. The minimum Gasteiger partial charge on any atom is -0.493 e. The number of benzene rings is 3. The fraction of sp³-hybridized carbons (Fsp3) is 0.115. The SMILES string of the molecule is CCOc1ccccc1-c1cc(C(=O)N/N=C(\C)c2ccc(-c3ccccc3)cc2)[nH]n1. The van der Waals surface area contributed by atoms with Crippen molar-refractivity contribution in [3.8, 4) is 28.1 Å². The third kappa shape index (κ3) is 4.75. The molecule has 0 bridgehead atoms. The zero-order chi connectivity index (χ0) is 22.3. The molecule has 0 radical (unpaired) electrons. The predicted octanol–water partition coefficient (Wildman–Crippen LogP) is 5.30. The number of aromatic amines is 1. The van der Waals surface area contributed by atoms with Gasteiger partial charge < -0.3 is 4.74 Å². The van der Waals surface area contributed by atoms with E-state index in [9.17, 15) is 4.79 Å². The van der Waals surface area contributed by atoms with Crippen LogP contribution in [0.3, 0.4) is 0 Å². The maximum Gasteiger partial charge on any atom is 0.289 e. The second-order valence-electron chi connectivity index (χ2n) is 7.18. The van der Waals surface area contributed by atoms with Gasteiger partial charge in [0.25, 0.3) is 5.91 Å². The molecule has 6 heteroatoms. The molecule has 32 heavy (non-hydrogen) atoms. The lowest BCUT2D eigenvalue weighted by Crippen LogP contribution is -2.19. The highest BCUT2D eigenvalue weighted by Gasteiger charge is 2.13. The Balaban J connectivity index is 1.44. The molecule has 0 aliphatic rings. The van der Waals surface area contributed by atoms with E-state index in [1.807, 2.05) is 80.6 Å². The maximum absolute atomic E-state index is 12.6. The summed E-state index contributed by atoms with van der Waals surface area (Å²) >= 11 is 0. The van der Waals surface area contributed by atoms with E-state index >= 15 is 0 Å². The highest BCUT2D eigenvalue weighted by atomic mass is 16.5. The van der Waals surface area contributed by atoms with Crippen LogP contribution in [0.25, 0.3) is 22.4 Å². The number of ether oxygens (including phenoxy) is 1. The number of rotatable bonds is 7. The van der Waals surface area contributed by atoms with Crippen molar-refractivity contribution in [1.82, 2.24) is 15.6 Å². The second kappa shape index (κ2) is 9.75. The van der Waals surface area contributed by atoms with Gasteiger partial charge >= 0.3 is 0 Å². The minimum absolute atomic E-state index is 0.322. The Morgan fingerprint density at radius 3 is 2.41 bits per heavy atom. The van der Waals surface area contributed by atoms with Crippen LogP contribution in [0.4, 0.5) is 0 Å². The van der Waals surface area contributed by atoms with Gasteiger partial charge in [-0.2, -0.15) is 10.2 Å². The molecule has 2 N–H and O–H groups in total. The van der Waals surface area contributed by atoms with E-state index in [1.165, 1.54) is 0 Å². The van der Waals surface area contributed by atoms with E-state index in [4.69, 9.17) is 4.74 Å². The number of nitrogens with zero attached hydrogens (tertiary/aromatic N) is 2. The Morgan fingerprint density at radius 1 is 0.969 bits per heavy atom. The number of hydrogen-bond donors (Lipinski definition) is 2. The Labute approximate surface area is 187 Å². The number of hydrogen-bond acceptors (Lipinski definition) is 4. The van der Waals surface area contributed by atoms with Crippen molar-refractivity contribution in [2.45, 2.75) is 13.8 Å². The largest absolute Gasteiger partial charge is 0.493 e. The molecule has 4 aromatic rings.